The molecule has 0 saturated carbocycles. The van der Waals surface area contributed by atoms with Gasteiger partial charge in [-0.15, -0.1) is 11.3 Å². The summed E-state index contributed by atoms with van der Waals surface area (Å²) in [5.41, 5.74) is 1.22. The second kappa shape index (κ2) is 6.22. The van der Waals surface area contributed by atoms with Crippen molar-refractivity contribution < 1.29 is 8.42 Å². The SMILES string of the molecule is CNCCc1nc(-c2cc(Cl)ccc2S(C)(=O)=O)cs1. The lowest BCUT2D eigenvalue weighted by Crippen LogP contribution is -2.10. The molecule has 1 heterocycles. The van der Waals surface area contributed by atoms with E-state index in [1.165, 1.54) is 23.7 Å². The molecule has 0 fully saturated rings. The first-order valence-electron chi connectivity index (χ1n) is 6.01. The zero-order valence-electron chi connectivity index (χ0n) is 11.2. The van der Waals surface area contributed by atoms with E-state index in [-0.39, 0.29) is 4.90 Å². The van der Waals surface area contributed by atoms with Gasteiger partial charge in [0.05, 0.1) is 15.6 Å². The molecule has 0 spiro atoms. The molecule has 0 radical (unpaired) electrons. The van der Waals surface area contributed by atoms with Gasteiger partial charge >= 0.3 is 0 Å². The Labute approximate surface area is 127 Å². The van der Waals surface area contributed by atoms with E-state index >= 15 is 0 Å². The fraction of sp³-hybridized carbons (Fsp3) is 0.308. The number of aromatic nitrogens is 1. The van der Waals surface area contributed by atoms with Gasteiger partial charge in [-0.25, -0.2) is 13.4 Å². The molecule has 20 heavy (non-hydrogen) atoms. The number of rotatable bonds is 5. The smallest absolute Gasteiger partial charge is 0.176 e. The van der Waals surface area contributed by atoms with Crippen molar-refractivity contribution in [1.29, 1.82) is 0 Å². The van der Waals surface area contributed by atoms with Gasteiger partial charge in [-0.3, -0.25) is 0 Å². The lowest BCUT2D eigenvalue weighted by Gasteiger charge is -2.06. The second-order valence-corrected chi connectivity index (χ2v) is 7.76. The molecule has 2 aromatic rings. The third kappa shape index (κ3) is 3.58. The topological polar surface area (TPSA) is 59.1 Å². The molecular weight excluding hydrogens is 316 g/mol. The van der Waals surface area contributed by atoms with Crippen LogP contribution >= 0.6 is 22.9 Å². The van der Waals surface area contributed by atoms with Gasteiger partial charge in [0.2, 0.25) is 0 Å². The van der Waals surface area contributed by atoms with E-state index in [0.29, 0.717) is 16.3 Å². The summed E-state index contributed by atoms with van der Waals surface area (Å²) in [5.74, 6) is 0. The van der Waals surface area contributed by atoms with Crippen molar-refractivity contribution in [3.63, 3.8) is 0 Å². The number of nitrogens with one attached hydrogen (secondary N) is 1. The van der Waals surface area contributed by atoms with Gasteiger partial charge in [-0.05, 0) is 25.2 Å². The van der Waals surface area contributed by atoms with Gasteiger partial charge < -0.3 is 5.32 Å². The minimum Gasteiger partial charge on any atom is -0.319 e. The predicted molar refractivity (Wildman–Crippen MR) is 83.3 cm³/mol. The van der Waals surface area contributed by atoms with Gasteiger partial charge in [0.15, 0.2) is 9.84 Å². The molecule has 1 aromatic carbocycles. The summed E-state index contributed by atoms with van der Waals surface area (Å²) in [5, 5.41) is 6.39. The largest absolute Gasteiger partial charge is 0.319 e. The third-order valence-corrected chi connectivity index (χ3v) is 5.06. The van der Waals surface area contributed by atoms with E-state index in [0.717, 1.165) is 18.0 Å². The molecule has 0 bridgehead atoms. The van der Waals surface area contributed by atoms with Crippen LogP contribution < -0.4 is 5.32 Å². The molecule has 0 saturated heterocycles. The first-order valence-corrected chi connectivity index (χ1v) is 9.15. The highest BCUT2D eigenvalue weighted by atomic mass is 35.5. The molecule has 1 aromatic heterocycles. The quantitative estimate of drug-likeness (QED) is 0.915. The number of nitrogens with zero attached hydrogens (tertiary/aromatic N) is 1. The van der Waals surface area contributed by atoms with Crippen molar-refractivity contribution in [2.24, 2.45) is 0 Å². The number of hydrogen-bond donors (Lipinski definition) is 1. The van der Waals surface area contributed by atoms with Crippen LogP contribution in [0.15, 0.2) is 28.5 Å². The Hall–Kier alpha value is -0.950. The van der Waals surface area contributed by atoms with E-state index in [1.54, 1.807) is 12.1 Å². The molecule has 108 valence electrons. The molecule has 0 unspecified atom stereocenters. The van der Waals surface area contributed by atoms with Crippen LogP contribution in [0.1, 0.15) is 5.01 Å². The molecule has 0 amide bonds. The summed E-state index contributed by atoms with van der Waals surface area (Å²) >= 11 is 7.50. The molecule has 0 aliphatic carbocycles. The van der Waals surface area contributed by atoms with Crippen LogP contribution in [0, 0.1) is 0 Å². The van der Waals surface area contributed by atoms with Crippen LogP contribution in [0.2, 0.25) is 5.02 Å². The summed E-state index contributed by atoms with van der Waals surface area (Å²) in [6.45, 7) is 0.835. The molecule has 1 N–H and O–H groups in total. The third-order valence-electron chi connectivity index (χ3n) is 2.76. The molecule has 7 heteroatoms. The van der Waals surface area contributed by atoms with Crippen LogP contribution in [-0.2, 0) is 16.3 Å². The van der Waals surface area contributed by atoms with Crippen molar-refractivity contribution in [3.8, 4) is 11.3 Å². The maximum atomic E-state index is 11.8. The molecule has 2 rings (SSSR count). The molecule has 4 nitrogen and oxygen atoms in total. The summed E-state index contributed by atoms with van der Waals surface area (Å²) in [7, 11) is -1.43. The first kappa shape index (κ1) is 15.4. The Morgan fingerprint density at radius 3 is 2.80 bits per heavy atom. The Bertz CT molecular complexity index is 711. The van der Waals surface area contributed by atoms with Gasteiger partial charge in [0, 0.05) is 35.2 Å². The number of halogens is 1. The highest BCUT2D eigenvalue weighted by molar-refractivity contribution is 7.90. The lowest BCUT2D eigenvalue weighted by atomic mass is 10.2. The van der Waals surface area contributed by atoms with Crippen molar-refractivity contribution in [1.82, 2.24) is 10.3 Å². The van der Waals surface area contributed by atoms with Crippen LogP contribution in [-0.4, -0.2) is 33.2 Å². The Morgan fingerprint density at radius 2 is 2.15 bits per heavy atom. The van der Waals surface area contributed by atoms with Crippen LogP contribution in [0.5, 0.6) is 0 Å². The second-order valence-electron chi connectivity index (χ2n) is 4.39. The fourth-order valence-electron chi connectivity index (χ4n) is 1.81. The average molecular weight is 331 g/mol. The average Bonchev–Trinajstić information content (AvgIpc) is 2.83. The molecular formula is C13H15ClN2O2S2. The van der Waals surface area contributed by atoms with E-state index < -0.39 is 9.84 Å². The summed E-state index contributed by atoms with van der Waals surface area (Å²) in [6.07, 6.45) is 2.00. The standard InChI is InChI=1S/C13H15ClN2O2S2/c1-15-6-5-13-16-11(8-19-13)10-7-9(14)3-4-12(10)20(2,17)18/h3-4,7-8,15H,5-6H2,1-2H3. The van der Waals surface area contributed by atoms with Gasteiger partial charge in [0.25, 0.3) is 0 Å². The highest BCUT2D eigenvalue weighted by Crippen LogP contribution is 2.31. The predicted octanol–water partition coefficient (Wildman–Crippen LogP) is 2.63. The number of sulfone groups is 1. The number of thiazole rings is 1. The summed E-state index contributed by atoms with van der Waals surface area (Å²) in [4.78, 5) is 4.75. The van der Waals surface area contributed by atoms with E-state index in [9.17, 15) is 8.42 Å². The van der Waals surface area contributed by atoms with Crippen molar-refractivity contribution >= 4 is 32.8 Å². The van der Waals surface area contributed by atoms with Crippen molar-refractivity contribution in [2.45, 2.75) is 11.3 Å². The molecule has 0 aliphatic rings. The molecule has 0 aliphatic heterocycles. The monoisotopic (exact) mass is 330 g/mol. The number of benzene rings is 1. The van der Waals surface area contributed by atoms with E-state index in [2.05, 4.69) is 10.3 Å². The van der Waals surface area contributed by atoms with Crippen molar-refractivity contribution in [3.05, 3.63) is 33.6 Å². The van der Waals surface area contributed by atoms with Gasteiger partial charge in [-0.1, -0.05) is 11.6 Å². The minimum atomic E-state index is -3.31. The zero-order valence-corrected chi connectivity index (χ0v) is 13.6. The zero-order chi connectivity index (χ0) is 14.8. The Morgan fingerprint density at radius 1 is 1.40 bits per heavy atom. The maximum Gasteiger partial charge on any atom is 0.176 e. The van der Waals surface area contributed by atoms with Gasteiger partial charge in [0.1, 0.15) is 0 Å². The van der Waals surface area contributed by atoms with E-state index in [4.69, 9.17) is 11.6 Å². The summed E-state index contributed by atoms with van der Waals surface area (Å²) < 4.78 is 23.7. The highest BCUT2D eigenvalue weighted by Gasteiger charge is 2.17. The van der Waals surface area contributed by atoms with E-state index in [1.807, 2.05) is 12.4 Å². The first-order chi connectivity index (χ1) is 9.41. The fourth-order valence-corrected chi connectivity index (χ4v) is 3.66. The van der Waals surface area contributed by atoms with Crippen LogP contribution in [0.25, 0.3) is 11.3 Å². The Kier molecular flexibility index (Phi) is 4.80. The maximum absolute atomic E-state index is 11.8. The number of likely N-dealkylation sites (N-methyl/N-ethyl adjacent to an activating group) is 1. The molecule has 0 atom stereocenters. The summed E-state index contributed by atoms with van der Waals surface area (Å²) in [6, 6.07) is 4.75. The Balaban J connectivity index is 2.46. The normalized spacial score (nSPS) is 11.8. The van der Waals surface area contributed by atoms with Crippen LogP contribution in [0.3, 0.4) is 0 Å². The minimum absolute atomic E-state index is 0.257. The van der Waals surface area contributed by atoms with Crippen molar-refractivity contribution in [2.75, 3.05) is 19.8 Å². The van der Waals surface area contributed by atoms with Gasteiger partial charge in [-0.2, -0.15) is 0 Å². The lowest BCUT2D eigenvalue weighted by molar-refractivity contribution is 0.602. The number of hydrogen-bond acceptors (Lipinski definition) is 5. The van der Waals surface area contributed by atoms with Crippen LogP contribution in [0.4, 0.5) is 0 Å².